The number of anilines is 1. The maximum Gasteiger partial charge on any atom is 0.293 e. The molecule has 0 atom stereocenters. The molecule has 2 rings (SSSR count). The molecule has 0 aliphatic carbocycles. The molecule has 1 aromatic carbocycles. The van der Waals surface area contributed by atoms with Crippen LogP contribution >= 0.6 is 15.9 Å². The second kappa shape index (κ2) is 5.46. The van der Waals surface area contributed by atoms with Gasteiger partial charge in [0.2, 0.25) is 0 Å². The van der Waals surface area contributed by atoms with E-state index in [-0.39, 0.29) is 17.2 Å². The van der Waals surface area contributed by atoms with Crippen LogP contribution in [-0.2, 0) is 9.84 Å². The number of hydrogen-bond donors (Lipinski definition) is 0. The molecule has 0 bridgehead atoms. The molecule has 0 saturated carbocycles. The fourth-order valence-corrected chi connectivity index (χ4v) is 3.71. The van der Waals surface area contributed by atoms with Crippen LogP contribution in [0.3, 0.4) is 0 Å². The third-order valence-corrected chi connectivity index (χ3v) is 5.24. The third kappa shape index (κ3) is 3.44. The molecule has 0 radical (unpaired) electrons. The molecular formula is C11H13BrN2O4S. The van der Waals surface area contributed by atoms with Gasteiger partial charge in [-0.3, -0.25) is 10.1 Å². The molecule has 1 heterocycles. The zero-order valence-electron chi connectivity index (χ0n) is 10.1. The van der Waals surface area contributed by atoms with Gasteiger partial charge in [0.1, 0.15) is 5.69 Å². The molecule has 19 heavy (non-hydrogen) atoms. The maximum atomic E-state index is 11.6. The lowest BCUT2D eigenvalue weighted by atomic mass is 10.2. The quantitative estimate of drug-likeness (QED) is 0.602. The smallest absolute Gasteiger partial charge is 0.293 e. The fraction of sp³-hybridized carbons (Fsp3) is 0.455. The summed E-state index contributed by atoms with van der Waals surface area (Å²) in [5, 5.41) is 11.1. The highest BCUT2D eigenvalue weighted by molar-refractivity contribution is 9.10. The Hall–Kier alpha value is -1.15. The van der Waals surface area contributed by atoms with Crippen LogP contribution in [0.5, 0.6) is 0 Å². The average Bonchev–Trinajstić information content (AvgIpc) is 2.50. The van der Waals surface area contributed by atoms with Gasteiger partial charge < -0.3 is 4.90 Å². The Labute approximate surface area is 119 Å². The van der Waals surface area contributed by atoms with Gasteiger partial charge in [0.05, 0.1) is 16.4 Å². The van der Waals surface area contributed by atoms with E-state index < -0.39 is 14.8 Å². The molecule has 6 nitrogen and oxygen atoms in total. The van der Waals surface area contributed by atoms with Crippen LogP contribution in [0.25, 0.3) is 0 Å². The SMILES string of the molecule is O=[N+]([O-])c1cc(Br)ccc1N1CCCS(=O)(=O)CC1. The van der Waals surface area contributed by atoms with E-state index in [9.17, 15) is 18.5 Å². The zero-order chi connectivity index (χ0) is 14.0. The minimum Gasteiger partial charge on any atom is -0.365 e. The first-order chi connectivity index (χ1) is 8.89. The van der Waals surface area contributed by atoms with Gasteiger partial charge in [0.25, 0.3) is 5.69 Å². The van der Waals surface area contributed by atoms with Crippen LogP contribution in [0.1, 0.15) is 6.42 Å². The molecule has 0 aromatic heterocycles. The number of benzene rings is 1. The van der Waals surface area contributed by atoms with Gasteiger partial charge in [-0.1, -0.05) is 15.9 Å². The monoisotopic (exact) mass is 348 g/mol. The van der Waals surface area contributed by atoms with E-state index >= 15 is 0 Å². The summed E-state index contributed by atoms with van der Waals surface area (Å²) in [5.74, 6) is 0.189. The second-order valence-corrected chi connectivity index (χ2v) is 7.60. The normalized spacial score (nSPS) is 18.9. The van der Waals surface area contributed by atoms with Crippen molar-refractivity contribution in [2.75, 3.05) is 29.5 Å². The summed E-state index contributed by atoms with van der Waals surface area (Å²) >= 11 is 3.20. The molecule has 1 fully saturated rings. The molecule has 0 N–H and O–H groups in total. The Kier molecular flexibility index (Phi) is 4.10. The highest BCUT2D eigenvalue weighted by Crippen LogP contribution is 2.31. The molecule has 0 amide bonds. The third-order valence-electron chi connectivity index (χ3n) is 3.03. The van der Waals surface area contributed by atoms with Crippen molar-refractivity contribution in [1.29, 1.82) is 0 Å². The number of sulfone groups is 1. The highest BCUT2D eigenvalue weighted by atomic mass is 79.9. The van der Waals surface area contributed by atoms with Gasteiger partial charge in [0.15, 0.2) is 9.84 Å². The lowest BCUT2D eigenvalue weighted by Crippen LogP contribution is -2.27. The topological polar surface area (TPSA) is 80.5 Å². The largest absolute Gasteiger partial charge is 0.365 e. The van der Waals surface area contributed by atoms with E-state index in [0.29, 0.717) is 29.7 Å². The van der Waals surface area contributed by atoms with E-state index in [2.05, 4.69) is 15.9 Å². The Morgan fingerprint density at radius 3 is 2.68 bits per heavy atom. The molecule has 1 aromatic rings. The zero-order valence-corrected chi connectivity index (χ0v) is 12.5. The minimum atomic E-state index is -3.02. The van der Waals surface area contributed by atoms with Crippen molar-refractivity contribution in [3.63, 3.8) is 0 Å². The van der Waals surface area contributed by atoms with Gasteiger partial charge in [-0.05, 0) is 18.6 Å². The van der Waals surface area contributed by atoms with E-state index in [1.165, 1.54) is 6.07 Å². The van der Waals surface area contributed by atoms with E-state index in [0.717, 1.165) is 0 Å². The molecule has 0 unspecified atom stereocenters. The first kappa shape index (κ1) is 14.3. The van der Waals surface area contributed by atoms with Crippen LogP contribution in [0, 0.1) is 10.1 Å². The summed E-state index contributed by atoms with van der Waals surface area (Å²) in [6.45, 7) is 0.812. The van der Waals surface area contributed by atoms with Gasteiger partial charge in [0, 0.05) is 23.6 Å². The average molecular weight is 349 g/mol. The van der Waals surface area contributed by atoms with Gasteiger partial charge >= 0.3 is 0 Å². The van der Waals surface area contributed by atoms with Crippen molar-refractivity contribution >= 4 is 37.1 Å². The van der Waals surface area contributed by atoms with Gasteiger partial charge in [-0.15, -0.1) is 0 Å². The van der Waals surface area contributed by atoms with E-state index in [4.69, 9.17) is 0 Å². The summed E-state index contributed by atoms with van der Waals surface area (Å²) in [4.78, 5) is 12.4. The summed E-state index contributed by atoms with van der Waals surface area (Å²) in [6.07, 6.45) is 0.496. The molecule has 0 spiro atoms. The van der Waals surface area contributed by atoms with Crippen molar-refractivity contribution in [3.05, 3.63) is 32.8 Å². The van der Waals surface area contributed by atoms with Crippen LogP contribution < -0.4 is 4.90 Å². The van der Waals surface area contributed by atoms with Crippen LogP contribution in [-0.4, -0.2) is 37.9 Å². The van der Waals surface area contributed by atoms with Crippen LogP contribution in [0.15, 0.2) is 22.7 Å². The Morgan fingerprint density at radius 1 is 1.26 bits per heavy atom. The van der Waals surface area contributed by atoms with Crippen molar-refractivity contribution in [1.82, 2.24) is 0 Å². The number of nitro groups is 1. The lowest BCUT2D eigenvalue weighted by Gasteiger charge is -2.21. The Balaban J connectivity index is 2.34. The highest BCUT2D eigenvalue weighted by Gasteiger charge is 2.24. The molecular weight excluding hydrogens is 336 g/mol. The predicted molar refractivity (Wildman–Crippen MR) is 76.3 cm³/mol. The summed E-state index contributed by atoms with van der Waals surface area (Å²) < 4.78 is 23.7. The second-order valence-electron chi connectivity index (χ2n) is 4.38. The summed E-state index contributed by atoms with van der Waals surface area (Å²) in [5.41, 5.74) is 0.471. The molecule has 104 valence electrons. The van der Waals surface area contributed by atoms with Crippen molar-refractivity contribution in [2.45, 2.75) is 6.42 Å². The summed E-state index contributed by atoms with van der Waals surface area (Å²) in [7, 11) is -3.02. The van der Waals surface area contributed by atoms with E-state index in [1.54, 1.807) is 17.0 Å². The van der Waals surface area contributed by atoms with Gasteiger partial charge in [-0.2, -0.15) is 0 Å². The summed E-state index contributed by atoms with van der Waals surface area (Å²) in [6, 6.07) is 4.82. The van der Waals surface area contributed by atoms with E-state index in [1.807, 2.05) is 0 Å². The van der Waals surface area contributed by atoms with Crippen molar-refractivity contribution < 1.29 is 13.3 Å². The number of nitrogens with zero attached hydrogens (tertiary/aromatic N) is 2. The van der Waals surface area contributed by atoms with Gasteiger partial charge in [-0.25, -0.2) is 8.42 Å². The van der Waals surface area contributed by atoms with Crippen molar-refractivity contribution in [3.8, 4) is 0 Å². The molecule has 8 heteroatoms. The Bertz CT molecular complexity index is 603. The fourth-order valence-electron chi connectivity index (χ4n) is 2.09. The number of hydrogen-bond acceptors (Lipinski definition) is 5. The van der Waals surface area contributed by atoms with Crippen molar-refractivity contribution in [2.24, 2.45) is 0 Å². The number of nitro benzene ring substituents is 1. The molecule has 1 saturated heterocycles. The number of halogens is 1. The molecule has 1 aliphatic heterocycles. The minimum absolute atomic E-state index is 0.00586. The van der Waals surface area contributed by atoms with Crippen LogP contribution in [0.4, 0.5) is 11.4 Å². The molecule has 1 aliphatic rings. The standard InChI is InChI=1S/C11H13BrN2O4S/c12-9-2-3-10(11(8-9)14(15)16)13-4-1-6-19(17,18)7-5-13/h2-3,8H,1,4-7H2. The Morgan fingerprint density at radius 2 is 2.00 bits per heavy atom. The first-order valence-corrected chi connectivity index (χ1v) is 8.40. The first-order valence-electron chi connectivity index (χ1n) is 5.78. The maximum absolute atomic E-state index is 11.6. The predicted octanol–water partition coefficient (Wildman–Crippen LogP) is 1.98. The van der Waals surface area contributed by atoms with Crippen LogP contribution in [0.2, 0.25) is 0 Å². The lowest BCUT2D eigenvalue weighted by molar-refractivity contribution is -0.384. The number of rotatable bonds is 2.